The Hall–Kier alpha value is -2.90. The molecule has 0 spiro atoms. The highest BCUT2D eigenvalue weighted by Gasteiger charge is 2.27. The SMILES string of the molecule is O=C(O)Cn1cc(CNC(=O)C2CCOc3ccccc32)nn1. The number of carboxylic acid groups (broad SMARTS) is 1. The highest BCUT2D eigenvalue weighted by molar-refractivity contribution is 5.84. The molecule has 0 fully saturated rings. The number of rotatable bonds is 5. The van der Waals surface area contributed by atoms with Gasteiger partial charge in [0, 0.05) is 5.56 Å². The van der Waals surface area contributed by atoms with E-state index in [1.807, 2.05) is 24.3 Å². The first-order valence-corrected chi connectivity index (χ1v) is 7.23. The van der Waals surface area contributed by atoms with Gasteiger partial charge in [-0.3, -0.25) is 9.59 Å². The third kappa shape index (κ3) is 3.47. The van der Waals surface area contributed by atoms with E-state index >= 15 is 0 Å². The molecule has 1 aromatic carbocycles. The van der Waals surface area contributed by atoms with Gasteiger partial charge in [-0.15, -0.1) is 5.10 Å². The molecule has 0 bridgehead atoms. The Balaban J connectivity index is 1.62. The zero-order valence-corrected chi connectivity index (χ0v) is 12.3. The van der Waals surface area contributed by atoms with Crippen LogP contribution in [0.25, 0.3) is 0 Å². The van der Waals surface area contributed by atoms with Crippen molar-refractivity contribution in [1.82, 2.24) is 20.3 Å². The van der Waals surface area contributed by atoms with Gasteiger partial charge in [-0.05, 0) is 12.5 Å². The third-order valence-electron chi connectivity index (χ3n) is 3.60. The zero-order valence-electron chi connectivity index (χ0n) is 12.3. The van der Waals surface area contributed by atoms with Crippen molar-refractivity contribution in [3.63, 3.8) is 0 Å². The van der Waals surface area contributed by atoms with Gasteiger partial charge in [-0.25, -0.2) is 4.68 Å². The summed E-state index contributed by atoms with van der Waals surface area (Å²) in [6, 6.07) is 7.50. The lowest BCUT2D eigenvalue weighted by atomic mass is 9.92. The van der Waals surface area contributed by atoms with Crippen molar-refractivity contribution in [2.24, 2.45) is 0 Å². The van der Waals surface area contributed by atoms with Crippen LogP contribution in [0.2, 0.25) is 0 Å². The fourth-order valence-electron chi connectivity index (χ4n) is 2.55. The summed E-state index contributed by atoms with van der Waals surface area (Å²) >= 11 is 0. The fraction of sp³-hybridized carbons (Fsp3) is 0.333. The van der Waals surface area contributed by atoms with Gasteiger partial charge in [-0.1, -0.05) is 23.4 Å². The number of carbonyl (C=O) groups is 2. The van der Waals surface area contributed by atoms with E-state index in [4.69, 9.17) is 9.84 Å². The van der Waals surface area contributed by atoms with Crippen LogP contribution in [-0.2, 0) is 22.7 Å². The van der Waals surface area contributed by atoms with Crippen LogP contribution in [-0.4, -0.2) is 38.6 Å². The van der Waals surface area contributed by atoms with Gasteiger partial charge in [0.2, 0.25) is 5.91 Å². The van der Waals surface area contributed by atoms with Gasteiger partial charge < -0.3 is 15.2 Å². The molecule has 1 aliphatic heterocycles. The van der Waals surface area contributed by atoms with Gasteiger partial charge in [0.1, 0.15) is 18.0 Å². The zero-order chi connectivity index (χ0) is 16.2. The second-order valence-corrected chi connectivity index (χ2v) is 5.25. The maximum absolute atomic E-state index is 12.4. The predicted octanol–water partition coefficient (Wildman–Crippen LogP) is 0.545. The van der Waals surface area contributed by atoms with Crippen molar-refractivity contribution in [3.05, 3.63) is 41.7 Å². The summed E-state index contributed by atoms with van der Waals surface area (Å²) in [6.07, 6.45) is 2.13. The molecule has 0 saturated carbocycles. The van der Waals surface area contributed by atoms with E-state index in [0.29, 0.717) is 18.7 Å². The van der Waals surface area contributed by atoms with E-state index in [0.717, 1.165) is 11.3 Å². The lowest BCUT2D eigenvalue weighted by molar-refractivity contribution is -0.138. The van der Waals surface area contributed by atoms with Gasteiger partial charge >= 0.3 is 5.97 Å². The number of carbonyl (C=O) groups excluding carboxylic acids is 1. The Morgan fingerprint density at radius 3 is 3.04 bits per heavy atom. The van der Waals surface area contributed by atoms with E-state index in [2.05, 4.69) is 15.6 Å². The van der Waals surface area contributed by atoms with Crippen LogP contribution in [0.15, 0.2) is 30.5 Å². The second-order valence-electron chi connectivity index (χ2n) is 5.25. The molecule has 0 radical (unpaired) electrons. The number of para-hydroxylation sites is 1. The molecule has 2 heterocycles. The van der Waals surface area contributed by atoms with Crippen molar-refractivity contribution < 1.29 is 19.4 Å². The number of carboxylic acids is 1. The number of ether oxygens (including phenoxy) is 1. The highest BCUT2D eigenvalue weighted by Crippen LogP contribution is 2.33. The summed E-state index contributed by atoms with van der Waals surface area (Å²) in [6.45, 7) is 0.455. The molecule has 1 amide bonds. The third-order valence-corrected chi connectivity index (χ3v) is 3.60. The molecule has 2 N–H and O–H groups in total. The molecular formula is C15H16N4O4. The highest BCUT2D eigenvalue weighted by atomic mass is 16.5. The number of nitrogens with zero attached hydrogens (tertiary/aromatic N) is 3. The van der Waals surface area contributed by atoms with Crippen LogP contribution >= 0.6 is 0 Å². The minimum Gasteiger partial charge on any atom is -0.493 e. The molecule has 0 saturated heterocycles. The van der Waals surface area contributed by atoms with Crippen molar-refractivity contribution in [2.45, 2.75) is 25.4 Å². The smallest absolute Gasteiger partial charge is 0.325 e. The van der Waals surface area contributed by atoms with Crippen molar-refractivity contribution in [1.29, 1.82) is 0 Å². The van der Waals surface area contributed by atoms with Gasteiger partial charge in [0.05, 0.1) is 25.3 Å². The largest absolute Gasteiger partial charge is 0.493 e. The van der Waals surface area contributed by atoms with Crippen molar-refractivity contribution in [2.75, 3.05) is 6.61 Å². The number of aliphatic carboxylic acids is 1. The summed E-state index contributed by atoms with van der Waals surface area (Å²) < 4.78 is 6.76. The Morgan fingerprint density at radius 1 is 1.39 bits per heavy atom. The van der Waals surface area contributed by atoms with Gasteiger partial charge in [0.15, 0.2) is 0 Å². The van der Waals surface area contributed by atoms with Crippen LogP contribution in [0.5, 0.6) is 5.75 Å². The first-order valence-electron chi connectivity index (χ1n) is 7.23. The van der Waals surface area contributed by atoms with Crippen molar-refractivity contribution >= 4 is 11.9 Å². The number of hydrogen-bond acceptors (Lipinski definition) is 5. The van der Waals surface area contributed by atoms with Crippen LogP contribution in [0.1, 0.15) is 23.6 Å². The minimum atomic E-state index is -0.996. The van der Waals surface area contributed by atoms with E-state index in [1.54, 1.807) is 0 Å². The monoisotopic (exact) mass is 316 g/mol. The minimum absolute atomic E-state index is 0.103. The van der Waals surface area contributed by atoms with Crippen LogP contribution < -0.4 is 10.1 Å². The summed E-state index contributed by atoms with van der Waals surface area (Å²) in [5.41, 5.74) is 1.39. The Bertz CT molecular complexity index is 728. The second kappa shape index (κ2) is 6.47. The summed E-state index contributed by atoms with van der Waals surface area (Å²) in [5, 5.41) is 19.0. The Kier molecular flexibility index (Phi) is 4.22. The van der Waals surface area contributed by atoms with Gasteiger partial charge in [0.25, 0.3) is 0 Å². The summed E-state index contributed by atoms with van der Waals surface area (Å²) in [7, 11) is 0. The van der Waals surface area contributed by atoms with Gasteiger partial charge in [-0.2, -0.15) is 0 Å². The molecule has 1 unspecified atom stereocenters. The number of aromatic nitrogens is 3. The van der Waals surface area contributed by atoms with E-state index in [1.165, 1.54) is 10.9 Å². The first-order chi connectivity index (χ1) is 11.1. The lowest BCUT2D eigenvalue weighted by Gasteiger charge is -2.24. The van der Waals surface area contributed by atoms with E-state index in [-0.39, 0.29) is 24.9 Å². The Morgan fingerprint density at radius 2 is 2.22 bits per heavy atom. The topological polar surface area (TPSA) is 106 Å². The average molecular weight is 316 g/mol. The van der Waals surface area contributed by atoms with Crippen LogP contribution in [0, 0.1) is 0 Å². The molecule has 1 aromatic heterocycles. The molecule has 0 aliphatic carbocycles. The molecular weight excluding hydrogens is 300 g/mol. The molecule has 1 aliphatic rings. The number of fused-ring (bicyclic) bond motifs is 1. The quantitative estimate of drug-likeness (QED) is 0.834. The molecule has 2 aromatic rings. The number of amides is 1. The number of hydrogen-bond donors (Lipinski definition) is 2. The van der Waals surface area contributed by atoms with Crippen LogP contribution in [0.3, 0.4) is 0 Å². The van der Waals surface area contributed by atoms with Crippen molar-refractivity contribution in [3.8, 4) is 5.75 Å². The predicted molar refractivity (Wildman–Crippen MR) is 78.8 cm³/mol. The molecule has 3 rings (SSSR count). The fourth-order valence-corrected chi connectivity index (χ4v) is 2.55. The maximum Gasteiger partial charge on any atom is 0.325 e. The number of benzene rings is 1. The van der Waals surface area contributed by atoms with E-state index < -0.39 is 5.97 Å². The molecule has 23 heavy (non-hydrogen) atoms. The normalized spacial score (nSPS) is 16.3. The Labute approximate surface area is 132 Å². The summed E-state index contributed by atoms with van der Waals surface area (Å²) in [5.74, 6) is -0.613. The average Bonchev–Trinajstić information content (AvgIpc) is 2.98. The molecule has 8 heteroatoms. The standard InChI is InChI=1S/C15H16N4O4/c20-14(21)9-19-8-10(17-18-19)7-16-15(22)12-5-6-23-13-4-2-1-3-11(12)13/h1-4,8,12H,5-7,9H2,(H,16,22)(H,20,21). The summed E-state index contributed by atoms with van der Waals surface area (Å²) in [4.78, 5) is 23.0. The molecule has 1 atom stereocenters. The molecule has 120 valence electrons. The first kappa shape index (κ1) is 15.0. The van der Waals surface area contributed by atoms with E-state index in [9.17, 15) is 9.59 Å². The maximum atomic E-state index is 12.4. The number of nitrogens with one attached hydrogen (secondary N) is 1. The molecule has 8 nitrogen and oxygen atoms in total. The lowest BCUT2D eigenvalue weighted by Crippen LogP contribution is -2.32. The van der Waals surface area contributed by atoms with Crippen LogP contribution in [0.4, 0.5) is 0 Å².